The summed E-state index contributed by atoms with van der Waals surface area (Å²) >= 11 is 0.720. The molecule has 1 saturated carbocycles. The van der Waals surface area contributed by atoms with Gasteiger partial charge < -0.3 is 14.9 Å². The SMILES string of the molecule is N[C@H]1CCCC[C@@H]1C(=O)N1CCC(CC(=O)[NH][AlH2])CC1. The first kappa shape index (κ1) is 15.8. The lowest BCUT2D eigenvalue weighted by Crippen LogP contribution is -2.48. The summed E-state index contributed by atoms with van der Waals surface area (Å²) < 4.78 is 2.81. The van der Waals surface area contributed by atoms with Gasteiger partial charge in [0.25, 0.3) is 0 Å². The Balaban J connectivity index is 1.80. The summed E-state index contributed by atoms with van der Waals surface area (Å²) in [4.78, 5) is 25.9. The van der Waals surface area contributed by atoms with E-state index in [1.807, 2.05) is 4.90 Å². The summed E-state index contributed by atoms with van der Waals surface area (Å²) in [6.45, 7) is 1.59. The minimum absolute atomic E-state index is 0.0326. The Hall–Kier alpha value is -0.568. The van der Waals surface area contributed by atoms with Gasteiger partial charge in [0.2, 0.25) is 5.91 Å². The average Bonchev–Trinajstić information content (AvgIpc) is 2.47. The van der Waals surface area contributed by atoms with Crippen molar-refractivity contribution in [3.8, 4) is 0 Å². The predicted molar refractivity (Wildman–Crippen MR) is 80.5 cm³/mol. The maximum absolute atomic E-state index is 12.5. The maximum Gasteiger partial charge on any atom is 0.364 e. The smallest absolute Gasteiger partial charge is 0.364 e. The number of nitrogens with zero attached hydrogens (tertiary/aromatic N) is 1. The van der Waals surface area contributed by atoms with Gasteiger partial charge in [-0.1, -0.05) is 12.8 Å². The molecule has 0 unspecified atom stereocenters. The Morgan fingerprint density at radius 3 is 2.40 bits per heavy atom. The van der Waals surface area contributed by atoms with Crippen molar-refractivity contribution in [1.82, 2.24) is 9.20 Å². The highest BCUT2D eigenvalue weighted by atomic mass is 27.1. The third kappa shape index (κ3) is 3.97. The molecule has 20 heavy (non-hydrogen) atoms. The van der Waals surface area contributed by atoms with Crippen molar-refractivity contribution in [2.45, 2.75) is 51.0 Å². The van der Waals surface area contributed by atoms with Crippen LogP contribution in [0.4, 0.5) is 0 Å². The Bertz CT molecular complexity index is 356. The van der Waals surface area contributed by atoms with Gasteiger partial charge in [0.05, 0.1) is 5.92 Å². The first-order chi connectivity index (χ1) is 9.61. The average molecular weight is 295 g/mol. The number of carbonyl (C=O) groups excluding carboxylic acids is 2. The van der Waals surface area contributed by atoms with E-state index in [1.165, 1.54) is 0 Å². The molecule has 1 saturated heterocycles. The normalized spacial score (nSPS) is 28.1. The molecule has 0 aromatic carbocycles. The lowest BCUT2D eigenvalue weighted by Gasteiger charge is -2.37. The number of nitrogens with one attached hydrogen (secondary N) is 1. The molecule has 0 bridgehead atoms. The molecule has 0 radical (unpaired) electrons. The lowest BCUT2D eigenvalue weighted by molar-refractivity contribution is -0.138. The standard InChI is InChI=1S/C14H25N3O2.Al.2H/c15-12-4-2-1-3-11(12)14(19)17-7-5-10(6-8-17)9-13(16)18;;;/h10-12H,1-9,15H2,(H2,16,18);;;/q;+1;;/p-1/t11-,12-;;;/m0.../s1. The molecule has 0 aromatic heterocycles. The maximum atomic E-state index is 12.5. The largest absolute Gasteiger partial charge is 0.453 e. The molecule has 6 heteroatoms. The number of carbonyl (C=O) groups is 2. The highest BCUT2D eigenvalue weighted by Crippen LogP contribution is 2.27. The monoisotopic (exact) mass is 295 g/mol. The van der Waals surface area contributed by atoms with E-state index < -0.39 is 0 Å². The van der Waals surface area contributed by atoms with Gasteiger partial charge in [0.15, 0.2) is 5.91 Å². The van der Waals surface area contributed by atoms with Crippen LogP contribution in [0.1, 0.15) is 44.9 Å². The van der Waals surface area contributed by atoms with Crippen molar-refractivity contribution in [2.24, 2.45) is 17.6 Å². The van der Waals surface area contributed by atoms with E-state index in [9.17, 15) is 9.59 Å². The summed E-state index contributed by atoms with van der Waals surface area (Å²) in [5.41, 5.74) is 6.10. The first-order valence-corrected chi connectivity index (χ1v) is 8.86. The van der Waals surface area contributed by atoms with E-state index in [-0.39, 0.29) is 23.8 Å². The van der Waals surface area contributed by atoms with Gasteiger partial charge >= 0.3 is 16.5 Å². The van der Waals surface area contributed by atoms with Crippen molar-refractivity contribution in [3.05, 3.63) is 0 Å². The second-order valence-electron chi connectivity index (χ2n) is 6.20. The first-order valence-electron chi connectivity index (χ1n) is 7.86. The Kier molecular flexibility index (Phi) is 5.89. The van der Waals surface area contributed by atoms with Gasteiger partial charge in [-0.25, -0.2) is 0 Å². The molecule has 1 heterocycles. The van der Waals surface area contributed by atoms with Crippen molar-refractivity contribution >= 4 is 28.3 Å². The number of piperidine rings is 1. The molecule has 3 N–H and O–H groups in total. The van der Waals surface area contributed by atoms with Crippen molar-refractivity contribution in [2.75, 3.05) is 13.1 Å². The van der Waals surface area contributed by atoms with Crippen LogP contribution in [0.5, 0.6) is 0 Å². The van der Waals surface area contributed by atoms with E-state index in [0.717, 1.165) is 68.1 Å². The van der Waals surface area contributed by atoms with E-state index in [4.69, 9.17) is 5.73 Å². The van der Waals surface area contributed by atoms with E-state index in [1.54, 1.807) is 0 Å². The Morgan fingerprint density at radius 1 is 1.15 bits per heavy atom. The van der Waals surface area contributed by atoms with Crippen LogP contribution in [0.25, 0.3) is 0 Å². The fraction of sp³-hybridized carbons (Fsp3) is 0.857. The van der Waals surface area contributed by atoms with Gasteiger partial charge in [-0.2, -0.15) is 0 Å². The summed E-state index contributed by atoms with van der Waals surface area (Å²) in [5.74, 6) is 0.886. The van der Waals surface area contributed by atoms with Crippen LogP contribution in [-0.2, 0) is 9.59 Å². The molecular formula is C14H26AlN3O2. The zero-order chi connectivity index (χ0) is 14.5. The van der Waals surface area contributed by atoms with Crippen molar-refractivity contribution in [3.63, 3.8) is 0 Å². The van der Waals surface area contributed by atoms with Crippen molar-refractivity contribution in [1.29, 1.82) is 0 Å². The molecule has 2 aliphatic rings. The van der Waals surface area contributed by atoms with Crippen LogP contribution in [-0.4, -0.2) is 52.4 Å². The predicted octanol–water partition coefficient (Wildman–Crippen LogP) is -0.203. The van der Waals surface area contributed by atoms with Gasteiger partial charge in [0, 0.05) is 25.6 Å². The zero-order valence-corrected chi connectivity index (χ0v) is 14.4. The third-order valence-electron chi connectivity index (χ3n) is 4.82. The minimum atomic E-state index is 0.0326. The van der Waals surface area contributed by atoms with Gasteiger partial charge in [-0.05, 0) is 31.6 Å². The van der Waals surface area contributed by atoms with E-state index >= 15 is 0 Å². The third-order valence-corrected chi connectivity index (χ3v) is 5.37. The molecule has 2 amide bonds. The summed E-state index contributed by atoms with van der Waals surface area (Å²) in [7, 11) is 0. The second kappa shape index (κ2) is 7.44. The van der Waals surface area contributed by atoms with Gasteiger partial charge in [-0.3, -0.25) is 9.59 Å². The van der Waals surface area contributed by atoms with Crippen LogP contribution in [0.3, 0.4) is 0 Å². The minimum Gasteiger partial charge on any atom is -0.453 e. The van der Waals surface area contributed by atoms with Crippen LogP contribution in [0, 0.1) is 11.8 Å². The summed E-state index contributed by atoms with van der Waals surface area (Å²) in [5, 5.41) is 0. The number of likely N-dealkylation sites (tertiary alicyclic amines) is 1. The number of hydrogen-bond donors (Lipinski definition) is 2. The number of amides is 2. The molecule has 0 aromatic rings. The van der Waals surface area contributed by atoms with Crippen LogP contribution < -0.4 is 10.0 Å². The Labute approximate surface area is 129 Å². The molecule has 112 valence electrons. The number of hydrogen-bond acceptors (Lipinski definition) is 3. The molecule has 0 spiro atoms. The van der Waals surface area contributed by atoms with Crippen molar-refractivity contribution < 1.29 is 9.59 Å². The molecule has 2 rings (SSSR count). The Morgan fingerprint density at radius 2 is 1.80 bits per heavy atom. The molecule has 2 atom stereocenters. The molecular weight excluding hydrogens is 269 g/mol. The van der Waals surface area contributed by atoms with E-state index in [2.05, 4.69) is 4.30 Å². The van der Waals surface area contributed by atoms with Crippen LogP contribution >= 0.6 is 0 Å². The molecule has 2 fully saturated rings. The zero-order valence-electron chi connectivity index (χ0n) is 12.4. The molecule has 5 nitrogen and oxygen atoms in total. The summed E-state index contributed by atoms with van der Waals surface area (Å²) in [6, 6.07) is 0.0461. The fourth-order valence-corrected chi connectivity index (χ4v) is 3.63. The molecule has 1 aliphatic carbocycles. The van der Waals surface area contributed by atoms with Gasteiger partial charge in [0.1, 0.15) is 0 Å². The van der Waals surface area contributed by atoms with E-state index in [0.29, 0.717) is 12.3 Å². The topological polar surface area (TPSA) is 75.4 Å². The quantitative estimate of drug-likeness (QED) is 0.708. The van der Waals surface area contributed by atoms with Crippen LogP contribution in [0.2, 0.25) is 0 Å². The lowest BCUT2D eigenvalue weighted by atomic mass is 9.83. The van der Waals surface area contributed by atoms with Crippen LogP contribution in [0.15, 0.2) is 0 Å². The second-order valence-corrected chi connectivity index (χ2v) is 6.70. The summed E-state index contributed by atoms with van der Waals surface area (Å²) in [6.07, 6.45) is 6.72. The highest BCUT2D eigenvalue weighted by Gasteiger charge is 2.33. The van der Waals surface area contributed by atoms with Gasteiger partial charge in [-0.15, -0.1) is 0 Å². The highest BCUT2D eigenvalue weighted by molar-refractivity contribution is 6.14. The number of rotatable bonds is 3. The molecule has 1 aliphatic heterocycles. The fourth-order valence-electron chi connectivity index (χ4n) is 3.42. The number of nitrogens with two attached hydrogens (primary N) is 1.